The highest BCUT2D eigenvalue weighted by molar-refractivity contribution is 5.99. The summed E-state index contributed by atoms with van der Waals surface area (Å²) >= 11 is 0. The Kier molecular flexibility index (Phi) is 2.90. The van der Waals surface area contributed by atoms with Crippen LogP contribution in [0.3, 0.4) is 0 Å². The fraction of sp³-hybridized carbons (Fsp3) is 0.583. The number of rotatable bonds is 1. The van der Waals surface area contributed by atoms with E-state index in [-0.39, 0.29) is 23.9 Å². The summed E-state index contributed by atoms with van der Waals surface area (Å²) < 4.78 is 4.67. The van der Waals surface area contributed by atoms with Crippen molar-refractivity contribution in [3.05, 3.63) is 12.2 Å². The Morgan fingerprint density at radius 1 is 1.31 bits per heavy atom. The van der Waals surface area contributed by atoms with Gasteiger partial charge in [0.2, 0.25) is 0 Å². The van der Waals surface area contributed by atoms with Crippen LogP contribution in [0.2, 0.25) is 0 Å². The van der Waals surface area contributed by atoms with Gasteiger partial charge in [0, 0.05) is 24.7 Å². The van der Waals surface area contributed by atoms with Gasteiger partial charge < -0.3 is 4.74 Å². The molecule has 0 aliphatic heterocycles. The third kappa shape index (κ3) is 1.68. The minimum atomic E-state index is -0.569. The first kappa shape index (κ1) is 11.0. The molecule has 0 bridgehead atoms. The number of esters is 1. The van der Waals surface area contributed by atoms with Crippen molar-refractivity contribution in [2.75, 3.05) is 7.11 Å². The number of Topliss-reactive ketones (excluding diaryl/α,β-unsaturated/α-hetero) is 2. The Hall–Kier alpha value is -1.45. The lowest BCUT2D eigenvalue weighted by Crippen LogP contribution is -2.43. The van der Waals surface area contributed by atoms with E-state index in [4.69, 9.17) is 0 Å². The van der Waals surface area contributed by atoms with Gasteiger partial charge in [-0.25, -0.2) is 0 Å². The number of ketones is 2. The maximum absolute atomic E-state index is 11.8. The van der Waals surface area contributed by atoms with E-state index in [0.717, 1.165) is 0 Å². The largest absolute Gasteiger partial charge is 0.469 e. The summed E-state index contributed by atoms with van der Waals surface area (Å²) in [6.07, 6.45) is 4.66. The smallest absolute Gasteiger partial charge is 0.313 e. The van der Waals surface area contributed by atoms with Crippen LogP contribution in [-0.4, -0.2) is 24.6 Å². The van der Waals surface area contributed by atoms with Crippen molar-refractivity contribution in [1.29, 1.82) is 0 Å². The van der Waals surface area contributed by atoms with Gasteiger partial charge in [-0.2, -0.15) is 0 Å². The molecule has 1 fully saturated rings. The molecule has 0 heterocycles. The Morgan fingerprint density at radius 3 is 2.69 bits per heavy atom. The molecule has 0 amide bonds. The quantitative estimate of drug-likeness (QED) is 0.488. The molecule has 0 radical (unpaired) electrons. The number of hydrogen-bond acceptors (Lipinski definition) is 4. The molecular formula is C12H14O4. The normalized spacial score (nSPS) is 33.4. The lowest BCUT2D eigenvalue weighted by molar-refractivity contribution is -0.152. The molecule has 0 saturated heterocycles. The van der Waals surface area contributed by atoms with Crippen LogP contribution in [0.15, 0.2) is 12.2 Å². The zero-order valence-electron chi connectivity index (χ0n) is 9.14. The van der Waals surface area contributed by atoms with Crippen LogP contribution in [0.4, 0.5) is 0 Å². The molecule has 1 saturated carbocycles. The molecule has 0 unspecified atom stereocenters. The Bertz CT molecular complexity index is 369. The van der Waals surface area contributed by atoms with Crippen molar-refractivity contribution in [3.63, 3.8) is 0 Å². The molecule has 0 spiro atoms. The minimum Gasteiger partial charge on any atom is -0.469 e. The van der Waals surface area contributed by atoms with E-state index in [1.807, 2.05) is 0 Å². The third-order valence-corrected chi connectivity index (χ3v) is 3.43. The number of hydrogen-bond donors (Lipinski definition) is 0. The molecule has 4 nitrogen and oxygen atoms in total. The van der Waals surface area contributed by atoms with Crippen molar-refractivity contribution in [1.82, 2.24) is 0 Å². The summed E-state index contributed by atoms with van der Waals surface area (Å²) in [5, 5.41) is 0. The second kappa shape index (κ2) is 4.20. The van der Waals surface area contributed by atoms with Crippen molar-refractivity contribution >= 4 is 17.5 Å². The maximum atomic E-state index is 11.8. The lowest BCUT2D eigenvalue weighted by atomic mass is 9.67. The first-order chi connectivity index (χ1) is 7.65. The number of allylic oxidation sites excluding steroid dienone is 1. The van der Waals surface area contributed by atoms with E-state index in [1.165, 1.54) is 7.11 Å². The van der Waals surface area contributed by atoms with Crippen LogP contribution >= 0.6 is 0 Å². The van der Waals surface area contributed by atoms with E-state index in [9.17, 15) is 14.4 Å². The van der Waals surface area contributed by atoms with Crippen LogP contribution in [0, 0.1) is 17.8 Å². The molecule has 0 aromatic heterocycles. The van der Waals surface area contributed by atoms with Gasteiger partial charge in [0.15, 0.2) is 0 Å². The topological polar surface area (TPSA) is 60.4 Å². The highest BCUT2D eigenvalue weighted by Gasteiger charge is 2.45. The zero-order valence-corrected chi connectivity index (χ0v) is 9.14. The second-order valence-corrected chi connectivity index (χ2v) is 4.28. The van der Waals surface area contributed by atoms with Crippen LogP contribution in [0.25, 0.3) is 0 Å². The average Bonchev–Trinajstić information content (AvgIpc) is 2.32. The standard InChI is InChI=1S/C12H14O4/c1-16-12(15)8-4-2-3-7-9(13)5-6-10(14)11(7)8/h2,4,7-8,11H,3,5-6H2,1H3/t7-,8-,11+/m1/s1. The highest BCUT2D eigenvalue weighted by Crippen LogP contribution is 2.37. The molecule has 0 N–H and O–H groups in total. The first-order valence-corrected chi connectivity index (χ1v) is 5.45. The third-order valence-electron chi connectivity index (χ3n) is 3.43. The molecule has 2 aliphatic rings. The van der Waals surface area contributed by atoms with Crippen LogP contribution in [-0.2, 0) is 19.1 Å². The van der Waals surface area contributed by atoms with Gasteiger partial charge in [-0.15, -0.1) is 0 Å². The molecule has 86 valence electrons. The molecule has 0 aromatic rings. The van der Waals surface area contributed by atoms with Crippen molar-refractivity contribution in [3.8, 4) is 0 Å². The van der Waals surface area contributed by atoms with Crippen LogP contribution < -0.4 is 0 Å². The van der Waals surface area contributed by atoms with Gasteiger partial charge in [-0.1, -0.05) is 12.2 Å². The predicted octanol–water partition coefficient (Wildman–Crippen LogP) is 0.900. The summed E-state index contributed by atoms with van der Waals surface area (Å²) in [4.78, 5) is 35.0. The van der Waals surface area contributed by atoms with E-state index < -0.39 is 17.8 Å². The van der Waals surface area contributed by atoms with Gasteiger partial charge in [0.25, 0.3) is 0 Å². The minimum absolute atomic E-state index is 0.0179. The highest BCUT2D eigenvalue weighted by atomic mass is 16.5. The predicted molar refractivity (Wildman–Crippen MR) is 55.5 cm³/mol. The SMILES string of the molecule is COC(=O)[C@@H]1C=CC[C@@H]2C(=O)CCC(=O)[C@@H]21. The molecule has 2 rings (SSSR count). The summed E-state index contributed by atoms with van der Waals surface area (Å²) in [5.41, 5.74) is 0. The van der Waals surface area contributed by atoms with E-state index in [0.29, 0.717) is 12.8 Å². The number of fused-ring (bicyclic) bond motifs is 1. The van der Waals surface area contributed by atoms with Crippen LogP contribution in [0.5, 0.6) is 0 Å². The molecule has 0 aromatic carbocycles. The van der Waals surface area contributed by atoms with Gasteiger partial charge in [0.05, 0.1) is 13.0 Å². The molecular weight excluding hydrogens is 208 g/mol. The monoisotopic (exact) mass is 222 g/mol. The molecule has 16 heavy (non-hydrogen) atoms. The van der Waals surface area contributed by atoms with E-state index >= 15 is 0 Å². The maximum Gasteiger partial charge on any atom is 0.313 e. The first-order valence-electron chi connectivity index (χ1n) is 5.45. The van der Waals surface area contributed by atoms with E-state index in [1.54, 1.807) is 12.2 Å². The van der Waals surface area contributed by atoms with Crippen molar-refractivity contribution < 1.29 is 19.1 Å². The van der Waals surface area contributed by atoms with Gasteiger partial charge in [-0.3, -0.25) is 14.4 Å². The number of ether oxygens (including phenoxy) is 1. The molecule has 4 heteroatoms. The second-order valence-electron chi connectivity index (χ2n) is 4.28. The number of methoxy groups -OCH3 is 1. The van der Waals surface area contributed by atoms with Crippen LogP contribution in [0.1, 0.15) is 19.3 Å². The fourth-order valence-corrected chi connectivity index (χ4v) is 2.60. The van der Waals surface area contributed by atoms with Gasteiger partial charge >= 0.3 is 5.97 Å². The van der Waals surface area contributed by atoms with Crippen molar-refractivity contribution in [2.45, 2.75) is 19.3 Å². The Labute approximate surface area is 93.7 Å². The Balaban J connectivity index is 2.30. The number of carbonyl (C=O) groups is 3. The molecule has 2 aliphatic carbocycles. The van der Waals surface area contributed by atoms with Crippen molar-refractivity contribution in [2.24, 2.45) is 17.8 Å². The van der Waals surface area contributed by atoms with Gasteiger partial charge in [-0.05, 0) is 6.42 Å². The summed E-state index contributed by atoms with van der Waals surface area (Å²) in [5.74, 6) is -1.67. The summed E-state index contributed by atoms with van der Waals surface area (Å²) in [7, 11) is 1.30. The molecule has 3 atom stereocenters. The summed E-state index contributed by atoms with van der Waals surface area (Å²) in [6.45, 7) is 0. The Morgan fingerprint density at radius 2 is 2.00 bits per heavy atom. The summed E-state index contributed by atoms with van der Waals surface area (Å²) in [6, 6.07) is 0. The van der Waals surface area contributed by atoms with E-state index in [2.05, 4.69) is 4.74 Å². The van der Waals surface area contributed by atoms with Gasteiger partial charge in [0.1, 0.15) is 11.6 Å². The fourth-order valence-electron chi connectivity index (χ4n) is 2.60. The lowest BCUT2D eigenvalue weighted by Gasteiger charge is -2.34. The average molecular weight is 222 g/mol. The number of carbonyl (C=O) groups excluding carboxylic acids is 3. The zero-order chi connectivity index (χ0) is 11.7.